The highest BCUT2D eigenvalue weighted by Crippen LogP contribution is 2.38. The number of nitrogens with zero attached hydrogens (tertiary/aromatic N) is 1. The summed E-state index contributed by atoms with van der Waals surface area (Å²) < 4.78 is 28.2. The first kappa shape index (κ1) is 19.6. The number of rotatable bonds is 2. The summed E-state index contributed by atoms with van der Waals surface area (Å²) in [6.45, 7) is -0.734. The summed E-state index contributed by atoms with van der Waals surface area (Å²) in [7, 11) is -4.64. The Morgan fingerprint density at radius 1 is 1.39 bits per heavy atom. The maximum atomic E-state index is 13.9. The molecule has 4 atom stereocenters. The van der Waals surface area contributed by atoms with Crippen LogP contribution in [0.4, 0.5) is 4.39 Å². The van der Waals surface area contributed by atoms with Crippen LogP contribution in [0.3, 0.4) is 0 Å². The van der Waals surface area contributed by atoms with Crippen LogP contribution in [0.15, 0.2) is 21.9 Å². The Morgan fingerprint density at radius 2 is 1.91 bits per heavy atom. The van der Waals surface area contributed by atoms with Crippen molar-refractivity contribution < 1.29 is 43.7 Å². The Bertz CT molecular complexity index is 688. The minimum absolute atomic E-state index is 0.584. The summed E-state index contributed by atoms with van der Waals surface area (Å²) >= 11 is 0. The molecule has 0 aromatic carbocycles. The lowest BCUT2D eigenvalue weighted by Crippen LogP contribution is -2.45. The van der Waals surface area contributed by atoms with Crippen molar-refractivity contribution in [3.8, 4) is 0 Å². The smallest absolute Gasteiger partial charge is 0.394 e. The highest BCUT2D eigenvalue weighted by molar-refractivity contribution is 7.45. The van der Waals surface area contributed by atoms with Gasteiger partial charge in [0.25, 0.3) is 11.4 Å². The van der Waals surface area contributed by atoms with Gasteiger partial charge < -0.3 is 34.7 Å². The van der Waals surface area contributed by atoms with Gasteiger partial charge in [0.1, 0.15) is 12.2 Å². The molecule has 1 aliphatic heterocycles. The van der Waals surface area contributed by atoms with Gasteiger partial charge in [-0.2, -0.15) is 0 Å². The van der Waals surface area contributed by atoms with Gasteiger partial charge >= 0.3 is 13.5 Å². The van der Waals surface area contributed by atoms with Crippen LogP contribution < -0.4 is 11.2 Å². The van der Waals surface area contributed by atoms with Crippen molar-refractivity contribution in [1.29, 1.82) is 0 Å². The number of nitrogens with one attached hydrogen (secondary N) is 1. The van der Waals surface area contributed by atoms with Crippen LogP contribution >= 0.6 is 7.82 Å². The lowest BCUT2D eigenvalue weighted by atomic mass is 10.1. The predicted octanol–water partition coefficient (Wildman–Crippen LogP) is -3.48. The van der Waals surface area contributed by atoms with Crippen LogP contribution in [-0.4, -0.2) is 64.2 Å². The summed E-state index contributed by atoms with van der Waals surface area (Å²) in [6.07, 6.45) is -4.31. The zero-order chi connectivity index (χ0) is 18.0. The number of ether oxygens (including phenoxy) is 1. The average molecular weight is 360 g/mol. The molecule has 0 bridgehead atoms. The van der Waals surface area contributed by atoms with Crippen molar-refractivity contribution >= 4 is 7.82 Å². The predicted molar refractivity (Wildman–Crippen MR) is 68.6 cm³/mol. The quantitative estimate of drug-likeness (QED) is 0.259. The topological polar surface area (TPSA) is 203 Å². The molecule has 0 spiro atoms. The molecular formula is C9H14FN2O10P. The van der Waals surface area contributed by atoms with Crippen LogP contribution in [0.1, 0.15) is 6.23 Å². The second kappa shape index (κ2) is 6.98. The number of hydrogen-bond donors (Lipinski definition) is 7. The molecule has 1 saturated heterocycles. The summed E-state index contributed by atoms with van der Waals surface area (Å²) in [5.41, 5.74) is -1.70. The standard InChI is InChI=1S/C9H11FN2O6.H3O4P/c10-9(17)6(15)4(3-13)18-7(9)12-2-1-5(14)11-8(12)16;1-5(2,3)4/h1-2,4,6-7,13,15,17H,3H2,(H,11,14,16);(H3,1,2,3,4)/t4-,6-,7-,9-;/m1./s1. The van der Waals surface area contributed by atoms with Crippen molar-refractivity contribution in [3.05, 3.63) is 33.1 Å². The molecule has 0 amide bonds. The molecule has 132 valence electrons. The largest absolute Gasteiger partial charge is 0.466 e. The second-order valence-corrected chi connectivity index (χ2v) is 5.44. The van der Waals surface area contributed by atoms with Gasteiger partial charge in [-0.1, -0.05) is 0 Å². The fraction of sp³-hybridized carbons (Fsp3) is 0.556. The highest BCUT2D eigenvalue weighted by atomic mass is 31.2. The lowest BCUT2D eigenvalue weighted by molar-refractivity contribution is -0.197. The third kappa shape index (κ3) is 5.02. The number of aromatic nitrogens is 2. The van der Waals surface area contributed by atoms with Crippen LogP contribution in [0.2, 0.25) is 0 Å². The van der Waals surface area contributed by atoms with E-state index in [0.29, 0.717) is 4.57 Å². The fourth-order valence-corrected chi connectivity index (χ4v) is 1.76. The molecule has 0 radical (unpaired) electrons. The molecule has 1 aromatic heterocycles. The molecule has 0 unspecified atom stereocenters. The molecule has 0 aliphatic carbocycles. The summed E-state index contributed by atoms with van der Waals surface area (Å²) in [6, 6.07) is 0.930. The van der Waals surface area contributed by atoms with Crippen molar-refractivity contribution in [1.82, 2.24) is 9.55 Å². The van der Waals surface area contributed by atoms with E-state index in [1.807, 2.05) is 4.98 Å². The van der Waals surface area contributed by atoms with E-state index in [1.54, 1.807) is 0 Å². The molecular weight excluding hydrogens is 346 g/mol. The van der Waals surface area contributed by atoms with E-state index in [9.17, 15) is 24.2 Å². The molecule has 0 saturated carbocycles. The monoisotopic (exact) mass is 360 g/mol. The maximum Gasteiger partial charge on any atom is 0.466 e. The molecule has 1 fully saturated rings. The van der Waals surface area contributed by atoms with Gasteiger partial charge in [-0.25, -0.2) is 13.8 Å². The number of aliphatic hydroxyl groups is 3. The maximum absolute atomic E-state index is 13.9. The van der Waals surface area contributed by atoms with E-state index in [0.717, 1.165) is 12.3 Å². The van der Waals surface area contributed by atoms with Gasteiger partial charge in [-0.15, -0.1) is 0 Å². The molecule has 14 heteroatoms. The van der Waals surface area contributed by atoms with Gasteiger partial charge in [0, 0.05) is 12.3 Å². The number of phosphoric acid groups is 1. The first-order valence-electron chi connectivity index (χ1n) is 5.83. The van der Waals surface area contributed by atoms with E-state index < -0.39 is 50.0 Å². The van der Waals surface area contributed by atoms with Gasteiger partial charge in [-0.05, 0) is 0 Å². The normalized spacial score (nSPS) is 30.7. The Kier molecular flexibility index (Phi) is 5.95. The first-order chi connectivity index (χ1) is 10.4. The molecule has 12 nitrogen and oxygen atoms in total. The van der Waals surface area contributed by atoms with Crippen LogP contribution in [0.25, 0.3) is 0 Å². The van der Waals surface area contributed by atoms with E-state index in [4.69, 9.17) is 29.1 Å². The Hall–Kier alpha value is -1.44. The Labute approximate surface area is 126 Å². The summed E-state index contributed by atoms with van der Waals surface area (Å²) in [5, 5.41) is 27.7. The number of aliphatic hydroxyl groups excluding tert-OH is 2. The molecule has 2 rings (SSSR count). The third-order valence-corrected chi connectivity index (χ3v) is 2.70. The van der Waals surface area contributed by atoms with Crippen LogP contribution in [-0.2, 0) is 9.30 Å². The lowest BCUT2D eigenvalue weighted by Gasteiger charge is -2.23. The molecule has 1 aliphatic rings. The number of alkyl halides is 1. The molecule has 2 heterocycles. The molecule has 1 aromatic rings. The highest BCUT2D eigenvalue weighted by Gasteiger charge is 2.57. The van der Waals surface area contributed by atoms with Gasteiger partial charge in [0.15, 0.2) is 6.23 Å². The zero-order valence-corrected chi connectivity index (χ0v) is 12.1. The minimum Gasteiger partial charge on any atom is -0.394 e. The number of halogens is 1. The Balaban J connectivity index is 0.000000463. The van der Waals surface area contributed by atoms with Gasteiger partial charge in [0.05, 0.1) is 6.61 Å². The van der Waals surface area contributed by atoms with E-state index in [2.05, 4.69) is 0 Å². The second-order valence-electron chi connectivity index (χ2n) is 4.41. The Morgan fingerprint density at radius 3 is 2.30 bits per heavy atom. The molecule has 7 N–H and O–H groups in total. The van der Waals surface area contributed by atoms with E-state index in [1.165, 1.54) is 0 Å². The SMILES string of the molecule is O=P(O)(O)O.O=c1ccn([C@@H]2O[C@H](CO)[C@@H](O)[C@]2(O)F)c(=O)[nH]1. The number of aromatic amines is 1. The van der Waals surface area contributed by atoms with E-state index >= 15 is 0 Å². The van der Waals surface area contributed by atoms with Gasteiger partial charge in [0.2, 0.25) is 0 Å². The number of H-pyrrole nitrogens is 1. The fourth-order valence-electron chi connectivity index (χ4n) is 1.76. The minimum atomic E-state index is -4.64. The van der Waals surface area contributed by atoms with E-state index in [-0.39, 0.29) is 0 Å². The summed E-state index contributed by atoms with van der Waals surface area (Å²) in [4.78, 5) is 45.7. The van der Waals surface area contributed by atoms with Crippen molar-refractivity contribution in [2.45, 2.75) is 24.3 Å². The summed E-state index contributed by atoms with van der Waals surface area (Å²) in [5.74, 6) is -3.25. The van der Waals surface area contributed by atoms with Crippen molar-refractivity contribution in [3.63, 3.8) is 0 Å². The third-order valence-electron chi connectivity index (χ3n) is 2.70. The van der Waals surface area contributed by atoms with Crippen LogP contribution in [0.5, 0.6) is 0 Å². The van der Waals surface area contributed by atoms with Crippen LogP contribution in [0, 0.1) is 0 Å². The average Bonchev–Trinajstić information content (AvgIpc) is 2.60. The van der Waals surface area contributed by atoms with Crippen molar-refractivity contribution in [2.75, 3.05) is 6.61 Å². The van der Waals surface area contributed by atoms with Gasteiger partial charge in [-0.3, -0.25) is 14.3 Å². The zero-order valence-electron chi connectivity index (χ0n) is 11.2. The molecule has 23 heavy (non-hydrogen) atoms. The number of hydrogen-bond acceptors (Lipinski definition) is 7. The first-order valence-corrected chi connectivity index (χ1v) is 7.40. The van der Waals surface area contributed by atoms with Crippen molar-refractivity contribution in [2.24, 2.45) is 0 Å².